The Labute approximate surface area is 63.4 Å². The monoisotopic (exact) mass is 165 g/mol. The molecule has 1 rings (SSSR count). The SMILES string of the molecule is Cc1oc(=O)oc1CN.Cl. The first-order valence-corrected chi connectivity index (χ1v) is 2.53. The molecule has 0 radical (unpaired) electrons. The van der Waals surface area contributed by atoms with Crippen molar-refractivity contribution in [2.24, 2.45) is 5.73 Å². The molecule has 2 N–H and O–H groups in total. The summed E-state index contributed by atoms with van der Waals surface area (Å²) in [6.07, 6.45) is 0. The van der Waals surface area contributed by atoms with Crippen LogP contribution >= 0.6 is 12.4 Å². The third-order valence-electron chi connectivity index (χ3n) is 1.02. The predicted octanol–water partition coefficient (Wildman–Crippen LogP) is 0.422. The minimum Gasteiger partial charge on any atom is -0.396 e. The van der Waals surface area contributed by atoms with Crippen molar-refractivity contribution in [1.29, 1.82) is 0 Å². The predicted molar refractivity (Wildman–Crippen MR) is 37.1 cm³/mol. The smallest absolute Gasteiger partial charge is 0.396 e. The summed E-state index contributed by atoms with van der Waals surface area (Å²) in [6, 6.07) is 0. The van der Waals surface area contributed by atoms with Gasteiger partial charge in [0, 0.05) is 0 Å². The molecule has 0 aromatic carbocycles. The fraction of sp³-hybridized carbons (Fsp3) is 0.400. The Morgan fingerprint density at radius 3 is 2.30 bits per heavy atom. The summed E-state index contributed by atoms with van der Waals surface area (Å²) >= 11 is 0. The van der Waals surface area contributed by atoms with Crippen LogP contribution < -0.4 is 11.6 Å². The van der Waals surface area contributed by atoms with Gasteiger partial charge in [-0.25, -0.2) is 4.79 Å². The molecule has 0 aliphatic carbocycles. The summed E-state index contributed by atoms with van der Waals surface area (Å²) in [5.74, 6) is 0.190. The maximum Gasteiger partial charge on any atom is 0.519 e. The average molecular weight is 166 g/mol. The molecule has 0 aliphatic rings. The molecule has 0 amide bonds. The van der Waals surface area contributed by atoms with Gasteiger partial charge in [0.1, 0.15) is 5.76 Å². The molecular weight excluding hydrogens is 158 g/mol. The van der Waals surface area contributed by atoms with E-state index in [1.807, 2.05) is 0 Å². The topological polar surface area (TPSA) is 69.4 Å². The van der Waals surface area contributed by atoms with Crippen LogP contribution in [0.2, 0.25) is 0 Å². The van der Waals surface area contributed by atoms with Crippen molar-refractivity contribution in [3.8, 4) is 0 Å². The Balaban J connectivity index is 0.000000810. The Morgan fingerprint density at radius 1 is 1.50 bits per heavy atom. The van der Waals surface area contributed by atoms with Gasteiger partial charge in [-0.3, -0.25) is 0 Å². The summed E-state index contributed by atoms with van der Waals surface area (Å²) < 4.78 is 9.02. The van der Waals surface area contributed by atoms with Gasteiger partial charge in [-0.2, -0.15) is 0 Å². The summed E-state index contributed by atoms with van der Waals surface area (Å²) in [5, 5.41) is 0. The summed E-state index contributed by atoms with van der Waals surface area (Å²) in [7, 11) is 0. The molecule has 5 heteroatoms. The molecule has 0 spiro atoms. The molecule has 0 unspecified atom stereocenters. The normalized spacial score (nSPS) is 9.00. The van der Waals surface area contributed by atoms with Crippen molar-refractivity contribution in [1.82, 2.24) is 0 Å². The van der Waals surface area contributed by atoms with E-state index in [2.05, 4.69) is 8.83 Å². The van der Waals surface area contributed by atoms with Crippen molar-refractivity contribution in [2.45, 2.75) is 13.5 Å². The van der Waals surface area contributed by atoms with Gasteiger partial charge < -0.3 is 14.6 Å². The van der Waals surface area contributed by atoms with Crippen LogP contribution in [-0.4, -0.2) is 0 Å². The molecule has 1 aromatic heterocycles. The van der Waals surface area contributed by atoms with Gasteiger partial charge in [-0.1, -0.05) is 0 Å². The zero-order valence-electron chi connectivity index (χ0n) is 5.42. The van der Waals surface area contributed by atoms with Gasteiger partial charge in [0.25, 0.3) is 0 Å². The highest BCUT2D eigenvalue weighted by molar-refractivity contribution is 5.85. The van der Waals surface area contributed by atoms with Crippen LogP contribution in [0.3, 0.4) is 0 Å². The van der Waals surface area contributed by atoms with E-state index in [0.29, 0.717) is 11.5 Å². The van der Waals surface area contributed by atoms with E-state index in [-0.39, 0.29) is 19.0 Å². The molecule has 0 saturated carbocycles. The first kappa shape index (κ1) is 9.26. The van der Waals surface area contributed by atoms with Crippen LogP contribution in [0.25, 0.3) is 0 Å². The quantitative estimate of drug-likeness (QED) is 0.655. The van der Waals surface area contributed by atoms with Gasteiger partial charge in [-0.05, 0) is 6.92 Å². The zero-order valence-corrected chi connectivity index (χ0v) is 6.23. The lowest BCUT2D eigenvalue weighted by molar-refractivity contribution is 0.369. The number of aryl methyl sites for hydroxylation is 1. The van der Waals surface area contributed by atoms with Crippen LogP contribution in [0.15, 0.2) is 13.6 Å². The lowest BCUT2D eigenvalue weighted by Gasteiger charge is -1.82. The van der Waals surface area contributed by atoms with Crippen molar-refractivity contribution in [2.75, 3.05) is 0 Å². The van der Waals surface area contributed by atoms with Gasteiger partial charge >= 0.3 is 5.82 Å². The Kier molecular flexibility index (Phi) is 3.18. The minimum absolute atomic E-state index is 0. The Hall–Kier alpha value is -0.740. The number of hydrogen-bond donors (Lipinski definition) is 1. The van der Waals surface area contributed by atoms with Crippen LogP contribution in [0, 0.1) is 6.92 Å². The summed E-state index contributed by atoms with van der Waals surface area (Å²) in [4.78, 5) is 10.3. The standard InChI is InChI=1S/C5H7NO3.ClH/c1-3-4(2-6)9-5(7)8-3;/h2,6H2,1H3;1H. The first-order valence-electron chi connectivity index (χ1n) is 2.53. The highest BCUT2D eigenvalue weighted by Gasteiger charge is 2.03. The molecule has 0 saturated heterocycles. The maximum absolute atomic E-state index is 10.3. The molecule has 4 nitrogen and oxygen atoms in total. The van der Waals surface area contributed by atoms with Gasteiger partial charge in [0.05, 0.1) is 6.54 Å². The van der Waals surface area contributed by atoms with Crippen LogP contribution in [0.1, 0.15) is 11.5 Å². The highest BCUT2D eigenvalue weighted by atomic mass is 35.5. The highest BCUT2D eigenvalue weighted by Crippen LogP contribution is 2.01. The van der Waals surface area contributed by atoms with E-state index in [9.17, 15) is 4.79 Å². The third-order valence-corrected chi connectivity index (χ3v) is 1.02. The molecule has 1 aromatic rings. The summed E-state index contributed by atoms with van der Waals surface area (Å²) in [5.41, 5.74) is 5.17. The van der Waals surface area contributed by atoms with Crippen molar-refractivity contribution < 1.29 is 8.83 Å². The molecule has 0 fully saturated rings. The molecule has 10 heavy (non-hydrogen) atoms. The van der Waals surface area contributed by atoms with E-state index in [1.165, 1.54) is 0 Å². The zero-order chi connectivity index (χ0) is 6.85. The molecule has 0 bridgehead atoms. The van der Waals surface area contributed by atoms with Crippen LogP contribution in [0.5, 0.6) is 0 Å². The van der Waals surface area contributed by atoms with Crippen molar-refractivity contribution in [3.05, 3.63) is 22.1 Å². The second kappa shape index (κ2) is 3.43. The maximum atomic E-state index is 10.3. The second-order valence-corrected chi connectivity index (χ2v) is 1.64. The van der Waals surface area contributed by atoms with Gasteiger partial charge in [0.15, 0.2) is 5.76 Å². The fourth-order valence-electron chi connectivity index (χ4n) is 0.561. The Bertz CT molecular complexity index is 252. The number of nitrogens with two attached hydrogens (primary N) is 1. The van der Waals surface area contributed by atoms with E-state index >= 15 is 0 Å². The molecular formula is C5H8ClNO3. The number of hydrogen-bond acceptors (Lipinski definition) is 4. The van der Waals surface area contributed by atoms with E-state index in [1.54, 1.807) is 6.92 Å². The van der Waals surface area contributed by atoms with Crippen LogP contribution in [0.4, 0.5) is 0 Å². The average Bonchev–Trinajstić information content (AvgIpc) is 2.10. The fourth-order valence-corrected chi connectivity index (χ4v) is 0.561. The van der Waals surface area contributed by atoms with E-state index in [0.717, 1.165) is 0 Å². The first-order chi connectivity index (χ1) is 4.24. The molecule has 58 valence electrons. The second-order valence-electron chi connectivity index (χ2n) is 1.64. The lowest BCUT2D eigenvalue weighted by Crippen LogP contribution is -1.96. The summed E-state index contributed by atoms with van der Waals surface area (Å²) in [6.45, 7) is 1.84. The largest absolute Gasteiger partial charge is 0.519 e. The molecule has 0 aliphatic heterocycles. The van der Waals surface area contributed by atoms with Gasteiger partial charge in [-0.15, -0.1) is 12.4 Å². The number of halogens is 1. The number of rotatable bonds is 1. The van der Waals surface area contributed by atoms with Crippen LogP contribution in [-0.2, 0) is 6.54 Å². The van der Waals surface area contributed by atoms with Gasteiger partial charge in [0.2, 0.25) is 0 Å². The molecule has 0 atom stereocenters. The molecule has 1 heterocycles. The van der Waals surface area contributed by atoms with E-state index in [4.69, 9.17) is 5.73 Å². The van der Waals surface area contributed by atoms with Crippen molar-refractivity contribution >= 4 is 12.4 Å². The Morgan fingerprint density at radius 2 is 2.10 bits per heavy atom. The van der Waals surface area contributed by atoms with Crippen molar-refractivity contribution in [3.63, 3.8) is 0 Å². The lowest BCUT2D eigenvalue weighted by atomic mass is 10.4. The minimum atomic E-state index is -0.687. The third kappa shape index (κ3) is 1.62. The van der Waals surface area contributed by atoms with E-state index < -0.39 is 5.82 Å².